The Morgan fingerprint density at radius 3 is 1.19 bits per heavy atom. The normalized spacial score (nSPS) is 15.3. The van der Waals surface area contributed by atoms with E-state index in [9.17, 15) is 29.7 Å². The Balaban J connectivity index is 4.40. The van der Waals surface area contributed by atoms with E-state index in [0.29, 0.717) is 6.42 Å². The number of carboxylic acid groups (broad SMARTS) is 3. The molecule has 3 unspecified atom stereocenters. The van der Waals surface area contributed by atoms with Crippen molar-refractivity contribution in [1.82, 2.24) is 0 Å². The summed E-state index contributed by atoms with van der Waals surface area (Å²) in [6.45, 7) is 7.53. The smallest absolute Gasteiger partial charge is 0.362 e. The van der Waals surface area contributed by atoms with Gasteiger partial charge in [-0.1, -0.05) is 123 Å². The number of hydrogen-bond acceptors (Lipinski definition) is 4. The van der Waals surface area contributed by atoms with Crippen molar-refractivity contribution in [3.63, 3.8) is 0 Å². The fourth-order valence-corrected chi connectivity index (χ4v) is 6.78. The summed E-state index contributed by atoms with van der Waals surface area (Å²) < 4.78 is -0.472. The van der Waals surface area contributed by atoms with Crippen molar-refractivity contribution in [1.29, 1.82) is 0 Å². The quantitative estimate of drug-likeness (QED) is 0.0493. The molecule has 246 valence electrons. The zero-order valence-corrected chi connectivity index (χ0v) is 27.6. The van der Waals surface area contributed by atoms with Crippen LogP contribution in [0.3, 0.4) is 0 Å². The molecule has 0 aliphatic carbocycles. The van der Waals surface area contributed by atoms with E-state index in [1.54, 1.807) is 20.8 Å². The molecule has 0 aromatic carbocycles. The molecule has 0 aliphatic rings. The van der Waals surface area contributed by atoms with Crippen LogP contribution in [-0.4, -0.2) is 57.3 Å². The van der Waals surface area contributed by atoms with Crippen molar-refractivity contribution < 1.29 is 34.2 Å². The molecule has 7 heteroatoms. The average molecular weight is 596 g/mol. The van der Waals surface area contributed by atoms with Gasteiger partial charge in [-0.25, -0.2) is 9.59 Å². The molecule has 0 amide bonds. The molecule has 0 spiro atoms. The predicted molar refractivity (Wildman–Crippen MR) is 170 cm³/mol. The number of carboxylic acids is 3. The highest BCUT2D eigenvalue weighted by Gasteiger charge is 2.53. The van der Waals surface area contributed by atoms with Gasteiger partial charge in [0.25, 0.3) is 0 Å². The number of rotatable bonds is 30. The standard InChI is InChI=1S/C35H65NO6/c1-5-9-10-11-12-13-14-15-16-17-18-19-20-21-22-23-24-25-26-27-28-29-36(30(6-2)33(37)38,31(7-3)34(39)40)32(8-4)35(41)42/h20-21,30-32H,5-19,22-29H2,1-4H3,(H2-,37,38,39,40,41,42)/b21-20+. The van der Waals surface area contributed by atoms with Crippen molar-refractivity contribution in [2.45, 2.75) is 187 Å². The molecule has 0 rings (SSSR count). The molecule has 0 aromatic rings. The summed E-state index contributed by atoms with van der Waals surface area (Å²) in [5.74, 6) is -3.66. The van der Waals surface area contributed by atoms with Crippen LogP contribution in [0.25, 0.3) is 0 Å². The maximum atomic E-state index is 12.3. The number of hydrogen-bond donors (Lipinski definition) is 2. The molecule has 0 saturated carbocycles. The third kappa shape index (κ3) is 15.5. The monoisotopic (exact) mass is 595 g/mol. The molecular weight excluding hydrogens is 530 g/mol. The second-order valence-electron chi connectivity index (χ2n) is 12.2. The Kier molecular flexibility index (Phi) is 24.4. The maximum absolute atomic E-state index is 12.3. The Bertz CT molecular complexity index is 682. The van der Waals surface area contributed by atoms with Crippen LogP contribution >= 0.6 is 0 Å². The van der Waals surface area contributed by atoms with E-state index in [0.717, 1.165) is 38.5 Å². The van der Waals surface area contributed by atoms with E-state index >= 15 is 0 Å². The van der Waals surface area contributed by atoms with Crippen molar-refractivity contribution in [2.24, 2.45) is 0 Å². The molecule has 0 heterocycles. The summed E-state index contributed by atoms with van der Waals surface area (Å²) in [5.41, 5.74) is 0. The summed E-state index contributed by atoms with van der Waals surface area (Å²) in [5, 5.41) is 32.2. The minimum absolute atomic E-state index is 0.128. The van der Waals surface area contributed by atoms with Crippen molar-refractivity contribution >= 4 is 17.9 Å². The lowest BCUT2D eigenvalue weighted by Gasteiger charge is -2.51. The third-order valence-electron chi connectivity index (χ3n) is 9.05. The first kappa shape index (κ1) is 40.1. The van der Waals surface area contributed by atoms with E-state index in [4.69, 9.17) is 0 Å². The molecule has 7 nitrogen and oxygen atoms in total. The highest BCUT2D eigenvalue weighted by atomic mass is 16.4. The largest absolute Gasteiger partial charge is 0.544 e. The van der Waals surface area contributed by atoms with Gasteiger partial charge >= 0.3 is 11.9 Å². The first-order valence-corrected chi connectivity index (χ1v) is 17.4. The number of quaternary nitrogens is 1. The number of unbranched alkanes of at least 4 members (excludes halogenated alkanes) is 17. The first-order valence-electron chi connectivity index (χ1n) is 17.4. The minimum atomic E-state index is -1.37. The van der Waals surface area contributed by atoms with Crippen molar-refractivity contribution in [3.8, 4) is 0 Å². The van der Waals surface area contributed by atoms with Crippen molar-refractivity contribution in [3.05, 3.63) is 12.2 Å². The van der Waals surface area contributed by atoms with Crippen LogP contribution in [0.1, 0.15) is 169 Å². The van der Waals surface area contributed by atoms with Crippen LogP contribution in [0.5, 0.6) is 0 Å². The van der Waals surface area contributed by atoms with Gasteiger partial charge in [-0.2, -0.15) is 0 Å². The van der Waals surface area contributed by atoms with Gasteiger partial charge in [0.05, 0.1) is 12.5 Å². The van der Waals surface area contributed by atoms with E-state index in [1.807, 2.05) is 0 Å². The van der Waals surface area contributed by atoms with E-state index in [2.05, 4.69) is 19.1 Å². The number of carbonyl (C=O) groups is 3. The summed E-state index contributed by atoms with van der Waals surface area (Å²) in [6.07, 6.45) is 28.2. The highest BCUT2D eigenvalue weighted by molar-refractivity contribution is 5.77. The van der Waals surface area contributed by atoms with Gasteiger partial charge in [0.2, 0.25) is 0 Å². The number of carbonyl (C=O) groups excluding carboxylic acids is 1. The first-order chi connectivity index (χ1) is 20.2. The SMILES string of the molecule is CCCCCCCCCCCCC/C=C/CCCCCCCC[N+](C(CC)C(=O)[O-])(C(CC)C(=O)O)C(CC)C(=O)O. The van der Waals surface area contributed by atoms with Crippen LogP contribution in [0.2, 0.25) is 0 Å². The molecule has 2 N–H and O–H groups in total. The summed E-state index contributed by atoms with van der Waals surface area (Å²) in [7, 11) is 0. The van der Waals surface area contributed by atoms with Crippen LogP contribution in [0.15, 0.2) is 12.2 Å². The van der Waals surface area contributed by atoms with Crippen LogP contribution < -0.4 is 5.11 Å². The van der Waals surface area contributed by atoms with Crippen LogP contribution in [0, 0.1) is 0 Å². The lowest BCUT2D eigenvalue weighted by atomic mass is 9.93. The topological polar surface area (TPSA) is 115 Å². The van der Waals surface area contributed by atoms with E-state index in [1.165, 1.54) is 77.0 Å². The molecule has 0 saturated heterocycles. The number of allylic oxidation sites excluding steroid dienone is 2. The fourth-order valence-electron chi connectivity index (χ4n) is 6.78. The highest BCUT2D eigenvalue weighted by Crippen LogP contribution is 2.32. The van der Waals surface area contributed by atoms with Gasteiger partial charge in [0, 0.05) is 19.3 Å². The Morgan fingerprint density at radius 2 is 0.881 bits per heavy atom. The molecule has 0 aromatic heterocycles. The van der Waals surface area contributed by atoms with Gasteiger partial charge in [-0.15, -0.1) is 0 Å². The Labute approximate surface area is 257 Å². The van der Waals surface area contributed by atoms with Gasteiger partial charge in [0.1, 0.15) is 6.04 Å². The summed E-state index contributed by atoms with van der Waals surface area (Å²) in [6, 6.07) is -3.39. The molecule has 0 fully saturated rings. The summed E-state index contributed by atoms with van der Waals surface area (Å²) in [4.78, 5) is 36.7. The maximum Gasteiger partial charge on any atom is 0.362 e. The van der Waals surface area contributed by atoms with Gasteiger partial charge in [-0.05, 0) is 38.5 Å². The molecule has 0 aliphatic heterocycles. The van der Waals surface area contributed by atoms with Gasteiger partial charge in [0.15, 0.2) is 12.1 Å². The minimum Gasteiger partial charge on any atom is -0.544 e. The van der Waals surface area contributed by atoms with E-state index < -0.39 is 40.5 Å². The number of aliphatic carboxylic acids is 3. The number of nitrogens with zero attached hydrogens (tertiary/aromatic N) is 1. The van der Waals surface area contributed by atoms with Gasteiger partial charge < -0.3 is 20.1 Å². The molecule has 0 radical (unpaired) electrons. The average Bonchev–Trinajstić information content (AvgIpc) is 2.94. The van der Waals surface area contributed by atoms with Gasteiger partial charge in [-0.3, -0.25) is 4.48 Å². The third-order valence-corrected chi connectivity index (χ3v) is 9.05. The second-order valence-corrected chi connectivity index (χ2v) is 12.2. The van der Waals surface area contributed by atoms with Crippen molar-refractivity contribution in [2.75, 3.05) is 6.54 Å². The molecule has 3 atom stereocenters. The molecular formula is C35H65NO6. The zero-order valence-electron chi connectivity index (χ0n) is 27.6. The predicted octanol–water partition coefficient (Wildman–Crippen LogP) is 8.05. The Hall–Kier alpha value is -1.89. The van der Waals surface area contributed by atoms with Crippen LogP contribution in [0.4, 0.5) is 0 Å². The Morgan fingerprint density at radius 1 is 0.548 bits per heavy atom. The lowest BCUT2D eigenvalue weighted by molar-refractivity contribution is -0.974. The zero-order chi connectivity index (χ0) is 31.6. The molecule has 0 bridgehead atoms. The second kappa shape index (κ2) is 25.6. The van der Waals surface area contributed by atoms with Crippen LogP contribution in [-0.2, 0) is 14.4 Å². The molecule has 42 heavy (non-hydrogen) atoms. The lowest BCUT2D eigenvalue weighted by Crippen LogP contribution is -2.73. The fraction of sp³-hybridized carbons (Fsp3) is 0.857. The van der Waals surface area contributed by atoms with E-state index in [-0.39, 0.29) is 25.8 Å². The summed E-state index contributed by atoms with van der Waals surface area (Å²) >= 11 is 0.